The molecule has 3 aromatic heterocycles. The first-order chi connectivity index (χ1) is 7.75. The Bertz CT molecular complexity index is 656. The van der Waals surface area contributed by atoms with Crippen molar-refractivity contribution in [2.24, 2.45) is 7.05 Å². The minimum absolute atomic E-state index is 0.753. The molecule has 0 fully saturated rings. The van der Waals surface area contributed by atoms with Gasteiger partial charge in [0.1, 0.15) is 0 Å². The van der Waals surface area contributed by atoms with Crippen molar-refractivity contribution in [2.45, 2.75) is 0 Å². The van der Waals surface area contributed by atoms with Crippen molar-refractivity contribution in [2.75, 3.05) is 0 Å². The zero-order valence-electron chi connectivity index (χ0n) is 8.51. The van der Waals surface area contributed by atoms with Crippen LogP contribution in [0.5, 0.6) is 0 Å². The van der Waals surface area contributed by atoms with E-state index in [4.69, 9.17) is 11.6 Å². The van der Waals surface area contributed by atoms with Crippen molar-refractivity contribution in [3.8, 4) is 10.6 Å². The first-order valence-electron chi connectivity index (χ1n) is 4.78. The van der Waals surface area contributed by atoms with Crippen LogP contribution in [0.4, 0.5) is 0 Å². The third kappa shape index (κ3) is 1.42. The Labute approximate surface area is 101 Å². The minimum atomic E-state index is 0.753. The van der Waals surface area contributed by atoms with E-state index in [1.807, 2.05) is 29.9 Å². The normalized spacial score (nSPS) is 11.1. The summed E-state index contributed by atoms with van der Waals surface area (Å²) in [6, 6.07) is 5.84. The Morgan fingerprint density at radius 3 is 2.88 bits per heavy atom. The summed E-state index contributed by atoms with van der Waals surface area (Å²) in [4.78, 5) is 5.43. The molecule has 5 heteroatoms. The van der Waals surface area contributed by atoms with Gasteiger partial charge in [0.25, 0.3) is 0 Å². The summed E-state index contributed by atoms with van der Waals surface area (Å²) < 4.78 is 2.87. The molecule has 0 aliphatic carbocycles. The number of fused-ring (bicyclic) bond motifs is 1. The highest BCUT2D eigenvalue weighted by molar-refractivity contribution is 7.22. The lowest BCUT2D eigenvalue weighted by Gasteiger charge is -1.95. The van der Waals surface area contributed by atoms with Crippen LogP contribution in [-0.4, -0.2) is 14.8 Å². The molecule has 3 rings (SSSR count). The molecule has 0 bridgehead atoms. The fraction of sp³-hybridized carbons (Fsp3) is 0.0909. The van der Waals surface area contributed by atoms with Crippen LogP contribution < -0.4 is 0 Å². The molecule has 3 heterocycles. The van der Waals surface area contributed by atoms with Crippen LogP contribution in [0.3, 0.4) is 0 Å². The zero-order chi connectivity index (χ0) is 11.1. The van der Waals surface area contributed by atoms with Crippen LogP contribution in [0.15, 0.2) is 30.6 Å². The number of hydrogen-bond donors (Lipinski definition) is 0. The van der Waals surface area contributed by atoms with Crippen LogP contribution in [0.25, 0.3) is 20.8 Å². The lowest BCUT2D eigenvalue weighted by molar-refractivity contribution is 0.777. The van der Waals surface area contributed by atoms with Gasteiger partial charge in [0.05, 0.1) is 25.8 Å². The highest BCUT2D eigenvalue weighted by atomic mass is 35.5. The molecular formula is C11H8ClN3S. The molecule has 0 saturated carbocycles. The molecule has 16 heavy (non-hydrogen) atoms. The molecule has 80 valence electrons. The van der Waals surface area contributed by atoms with Crippen molar-refractivity contribution in [1.82, 2.24) is 14.8 Å². The molecule has 0 amide bonds. The van der Waals surface area contributed by atoms with E-state index in [1.54, 1.807) is 23.7 Å². The van der Waals surface area contributed by atoms with Crippen molar-refractivity contribution in [3.05, 3.63) is 35.6 Å². The van der Waals surface area contributed by atoms with Gasteiger partial charge in [-0.1, -0.05) is 11.6 Å². The fourth-order valence-corrected chi connectivity index (χ4v) is 2.99. The summed E-state index contributed by atoms with van der Waals surface area (Å²) in [6.45, 7) is 0. The lowest BCUT2D eigenvalue weighted by atomic mass is 10.3. The van der Waals surface area contributed by atoms with Gasteiger partial charge in [-0.15, -0.1) is 11.3 Å². The summed E-state index contributed by atoms with van der Waals surface area (Å²) in [7, 11) is 1.93. The summed E-state index contributed by atoms with van der Waals surface area (Å²) >= 11 is 7.76. The summed E-state index contributed by atoms with van der Waals surface area (Å²) in [5.74, 6) is 0. The molecule has 0 atom stereocenters. The average Bonchev–Trinajstić information content (AvgIpc) is 2.84. The zero-order valence-corrected chi connectivity index (χ0v) is 10.1. The first-order valence-corrected chi connectivity index (χ1v) is 5.97. The van der Waals surface area contributed by atoms with Crippen molar-refractivity contribution in [3.63, 3.8) is 0 Å². The summed E-state index contributed by atoms with van der Waals surface area (Å²) in [6.07, 6.45) is 3.51. The first kappa shape index (κ1) is 9.81. The quantitative estimate of drug-likeness (QED) is 0.662. The molecule has 3 nitrogen and oxygen atoms in total. The average molecular weight is 250 g/mol. The van der Waals surface area contributed by atoms with Crippen molar-refractivity contribution >= 4 is 33.2 Å². The van der Waals surface area contributed by atoms with Gasteiger partial charge < -0.3 is 0 Å². The molecule has 0 aliphatic rings. The number of aromatic nitrogens is 3. The maximum Gasteiger partial charge on any atom is 0.0831 e. The summed E-state index contributed by atoms with van der Waals surface area (Å²) in [5.41, 5.74) is 2.02. The second-order valence-corrected chi connectivity index (χ2v) is 4.92. The molecule has 3 aromatic rings. The second kappa shape index (κ2) is 3.57. The number of halogens is 1. The Balaban J connectivity index is 2.27. The van der Waals surface area contributed by atoms with E-state index in [2.05, 4.69) is 10.1 Å². The predicted octanol–water partition coefficient (Wildman–Crippen LogP) is 3.35. The Morgan fingerprint density at radius 1 is 1.31 bits per heavy atom. The highest BCUT2D eigenvalue weighted by Crippen LogP contribution is 2.35. The van der Waals surface area contributed by atoms with E-state index in [0.29, 0.717) is 0 Å². The summed E-state index contributed by atoms with van der Waals surface area (Å²) in [5, 5.41) is 4.91. The number of rotatable bonds is 1. The third-order valence-corrected chi connectivity index (χ3v) is 4.04. The van der Waals surface area contributed by atoms with Gasteiger partial charge >= 0.3 is 0 Å². The molecule has 0 aromatic carbocycles. The van der Waals surface area contributed by atoms with Crippen LogP contribution >= 0.6 is 22.9 Å². The van der Waals surface area contributed by atoms with Crippen molar-refractivity contribution < 1.29 is 0 Å². The monoisotopic (exact) mass is 249 g/mol. The van der Waals surface area contributed by atoms with E-state index in [0.717, 1.165) is 25.8 Å². The maximum atomic E-state index is 6.12. The van der Waals surface area contributed by atoms with Gasteiger partial charge in [0.15, 0.2) is 0 Å². The molecule has 0 N–H and O–H groups in total. The Hall–Kier alpha value is -1.39. The number of hydrogen-bond acceptors (Lipinski definition) is 3. The second-order valence-electron chi connectivity index (χ2n) is 3.46. The number of thiophene rings is 1. The van der Waals surface area contributed by atoms with Gasteiger partial charge in [-0.3, -0.25) is 9.67 Å². The van der Waals surface area contributed by atoms with Gasteiger partial charge in [-0.25, -0.2) is 0 Å². The molecule has 0 radical (unpaired) electrons. The predicted molar refractivity (Wildman–Crippen MR) is 66.8 cm³/mol. The van der Waals surface area contributed by atoms with Crippen molar-refractivity contribution in [1.29, 1.82) is 0 Å². The highest BCUT2D eigenvalue weighted by Gasteiger charge is 2.09. The molecular weight excluding hydrogens is 242 g/mol. The Morgan fingerprint density at radius 2 is 2.19 bits per heavy atom. The minimum Gasteiger partial charge on any atom is -0.267 e. The Kier molecular flexibility index (Phi) is 2.19. The number of nitrogens with zero attached hydrogens (tertiary/aromatic N) is 3. The van der Waals surface area contributed by atoms with Crippen LogP contribution in [0.2, 0.25) is 5.02 Å². The van der Waals surface area contributed by atoms with E-state index in [9.17, 15) is 0 Å². The van der Waals surface area contributed by atoms with Crippen LogP contribution in [0.1, 0.15) is 0 Å². The largest absolute Gasteiger partial charge is 0.267 e. The molecule has 0 saturated heterocycles. The van der Waals surface area contributed by atoms with Crippen LogP contribution in [-0.2, 0) is 7.05 Å². The number of pyridine rings is 1. The van der Waals surface area contributed by atoms with E-state index < -0.39 is 0 Å². The topological polar surface area (TPSA) is 30.7 Å². The number of aryl methyl sites for hydroxylation is 1. The third-order valence-electron chi connectivity index (χ3n) is 2.44. The molecule has 0 aliphatic heterocycles. The molecule has 0 spiro atoms. The van der Waals surface area contributed by atoms with Crippen LogP contribution in [0, 0.1) is 0 Å². The fourth-order valence-electron chi connectivity index (χ4n) is 1.65. The standard InChI is InChI=1S/C11H8ClN3S/c1-15-9(3-5-14-15)10-6-8-11(16-10)7(12)2-4-13-8/h2-6H,1H3. The van der Waals surface area contributed by atoms with Gasteiger partial charge in [-0.05, 0) is 18.2 Å². The van der Waals surface area contributed by atoms with E-state index in [1.165, 1.54) is 0 Å². The molecule has 0 unspecified atom stereocenters. The smallest absolute Gasteiger partial charge is 0.0831 e. The lowest BCUT2D eigenvalue weighted by Crippen LogP contribution is -1.90. The SMILES string of the molecule is Cn1nccc1-c1cc2nccc(Cl)c2s1. The van der Waals surface area contributed by atoms with Gasteiger partial charge in [0.2, 0.25) is 0 Å². The van der Waals surface area contributed by atoms with Gasteiger partial charge in [-0.2, -0.15) is 5.10 Å². The van der Waals surface area contributed by atoms with E-state index >= 15 is 0 Å². The van der Waals surface area contributed by atoms with E-state index in [-0.39, 0.29) is 0 Å². The van der Waals surface area contributed by atoms with Gasteiger partial charge in [0, 0.05) is 19.4 Å². The maximum absolute atomic E-state index is 6.12.